The van der Waals surface area contributed by atoms with E-state index in [1.165, 1.54) is 18.4 Å². The fourth-order valence-electron chi connectivity index (χ4n) is 1.99. The molecule has 0 bridgehead atoms. The largest absolute Gasteiger partial charge is 0.480 e. The molecule has 1 saturated carbocycles. The molecule has 0 radical (unpaired) electrons. The molecule has 1 aliphatic carbocycles. The number of rotatable bonds is 8. The molecule has 0 aliphatic heterocycles. The second kappa shape index (κ2) is 7.59. The molecule has 19 heavy (non-hydrogen) atoms. The average Bonchev–Trinajstić information content (AvgIpc) is 2.33. The first-order chi connectivity index (χ1) is 9.03. The normalized spacial score (nSPS) is 16.5. The smallest absolute Gasteiger partial charge is 0.323 e. The third kappa shape index (κ3) is 4.91. The zero-order chi connectivity index (χ0) is 14.3. The summed E-state index contributed by atoms with van der Waals surface area (Å²) in [6.07, 6.45) is 5.45. The van der Waals surface area contributed by atoms with Crippen molar-refractivity contribution in [2.24, 2.45) is 0 Å². The first-order valence-electron chi connectivity index (χ1n) is 6.31. The van der Waals surface area contributed by atoms with Crippen LogP contribution in [0.2, 0.25) is 0 Å². The molecule has 1 rings (SSSR count). The Morgan fingerprint density at radius 3 is 2.58 bits per heavy atom. The van der Waals surface area contributed by atoms with Crippen molar-refractivity contribution >= 4 is 23.8 Å². The summed E-state index contributed by atoms with van der Waals surface area (Å²) in [6, 6.07) is -0.334. The van der Waals surface area contributed by atoms with Gasteiger partial charge in [-0.1, -0.05) is 6.42 Å². The van der Waals surface area contributed by atoms with Crippen LogP contribution in [0.5, 0.6) is 0 Å². The Bertz CT molecular complexity index is 315. The zero-order valence-electron chi connectivity index (χ0n) is 11.5. The second-order valence-electron chi connectivity index (χ2n) is 4.71. The number of urea groups is 1. The zero-order valence-corrected chi connectivity index (χ0v) is 12.3. The van der Waals surface area contributed by atoms with Gasteiger partial charge in [-0.25, -0.2) is 4.79 Å². The number of carbonyl (C=O) groups is 2. The topological polar surface area (TPSA) is 78.9 Å². The van der Waals surface area contributed by atoms with E-state index in [4.69, 9.17) is 9.84 Å². The summed E-state index contributed by atoms with van der Waals surface area (Å²) in [5, 5.41) is 11.6. The molecule has 2 N–H and O–H groups in total. The third-order valence-electron chi connectivity index (χ3n) is 3.44. The SMILES string of the molecule is COCCN(CC(=O)O)C(=O)NCC1(SC)CCC1. The third-order valence-corrected chi connectivity index (χ3v) is 4.86. The number of thioether (sulfide) groups is 1. The minimum Gasteiger partial charge on any atom is -0.480 e. The van der Waals surface area contributed by atoms with E-state index in [1.54, 1.807) is 11.8 Å². The second-order valence-corrected chi connectivity index (χ2v) is 5.98. The van der Waals surface area contributed by atoms with Gasteiger partial charge in [0.1, 0.15) is 6.54 Å². The van der Waals surface area contributed by atoms with Crippen molar-refractivity contribution < 1.29 is 19.4 Å². The first-order valence-corrected chi connectivity index (χ1v) is 7.54. The van der Waals surface area contributed by atoms with E-state index in [-0.39, 0.29) is 23.9 Å². The minimum atomic E-state index is -1.02. The first kappa shape index (κ1) is 16.1. The Kier molecular flexibility index (Phi) is 6.44. The van der Waals surface area contributed by atoms with Crippen molar-refractivity contribution in [1.82, 2.24) is 10.2 Å². The summed E-state index contributed by atoms with van der Waals surface area (Å²) >= 11 is 1.77. The Morgan fingerprint density at radius 2 is 2.16 bits per heavy atom. The number of hydrogen-bond donors (Lipinski definition) is 2. The molecule has 0 saturated heterocycles. The fourth-order valence-corrected chi connectivity index (χ4v) is 2.90. The highest BCUT2D eigenvalue weighted by Gasteiger charge is 2.36. The number of nitrogens with one attached hydrogen (secondary N) is 1. The monoisotopic (exact) mass is 290 g/mol. The van der Waals surface area contributed by atoms with Crippen molar-refractivity contribution in [1.29, 1.82) is 0 Å². The van der Waals surface area contributed by atoms with Crippen LogP contribution in [0.25, 0.3) is 0 Å². The van der Waals surface area contributed by atoms with Crippen LogP contribution in [0.15, 0.2) is 0 Å². The van der Waals surface area contributed by atoms with Gasteiger partial charge in [0.05, 0.1) is 6.61 Å². The summed E-state index contributed by atoms with van der Waals surface area (Å²) in [6.45, 7) is 0.896. The number of hydrogen-bond acceptors (Lipinski definition) is 4. The highest BCUT2D eigenvalue weighted by atomic mass is 32.2. The van der Waals surface area contributed by atoms with Gasteiger partial charge in [0.15, 0.2) is 0 Å². The quantitative estimate of drug-likeness (QED) is 0.697. The van der Waals surface area contributed by atoms with E-state index in [2.05, 4.69) is 5.32 Å². The Labute approximate surface area is 117 Å². The fraction of sp³-hybridized carbons (Fsp3) is 0.833. The lowest BCUT2D eigenvalue weighted by Crippen LogP contribution is -2.50. The van der Waals surface area contributed by atoms with Gasteiger partial charge >= 0.3 is 12.0 Å². The standard InChI is InChI=1S/C12H22N2O4S/c1-18-7-6-14(8-10(15)16)11(17)13-9-12(19-2)4-3-5-12/h3-9H2,1-2H3,(H,13,17)(H,15,16). The lowest BCUT2D eigenvalue weighted by Gasteiger charge is -2.40. The summed E-state index contributed by atoms with van der Waals surface area (Å²) in [7, 11) is 1.52. The van der Waals surface area contributed by atoms with Crippen LogP contribution >= 0.6 is 11.8 Å². The number of amides is 2. The predicted molar refractivity (Wildman–Crippen MR) is 74.6 cm³/mol. The molecule has 0 spiro atoms. The summed E-state index contributed by atoms with van der Waals surface area (Å²) < 4.78 is 5.03. The highest BCUT2D eigenvalue weighted by Crippen LogP contribution is 2.42. The maximum atomic E-state index is 12.0. The van der Waals surface area contributed by atoms with Crippen molar-refractivity contribution in [3.63, 3.8) is 0 Å². The molecule has 0 aromatic carbocycles. The molecular formula is C12H22N2O4S. The van der Waals surface area contributed by atoms with E-state index >= 15 is 0 Å². The van der Waals surface area contributed by atoms with Gasteiger partial charge in [0.2, 0.25) is 0 Å². The van der Waals surface area contributed by atoms with Crippen LogP contribution in [0.1, 0.15) is 19.3 Å². The number of carbonyl (C=O) groups excluding carboxylic acids is 1. The Morgan fingerprint density at radius 1 is 1.47 bits per heavy atom. The molecule has 0 unspecified atom stereocenters. The lowest BCUT2D eigenvalue weighted by molar-refractivity contribution is -0.137. The van der Waals surface area contributed by atoms with Gasteiger partial charge in [-0.05, 0) is 19.1 Å². The summed E-state index contributed by atoms with van der Waals surface area (Å²) in [4.78, 5) is 24.0. The molecule has 1 fully saturated rings. The van der Waals surface area contributed by atoms with E-state index in [0.717, 1.165) is 12.8 Å². The maximum Gasteiger partial charge on any atom is 0.323 e. The van der Waals surface area contributed by atoms with Gasteiger partial charge in [-0.3, -0.25) is 4.79 Å². The van der Waals surface area contributed by atoms with Crippen LogP contribution < -0.4 is 5.32 Å². The van der Waals surface area contributed by atoms with Gasteiger partial charge in [0.25, 0.3) is 0 Å². The molecule has 6 nitrogen and oxygen atoms in total. The lowest BCUT2D eigenvalue weighted by atomic mass is 9.84. The summed E-state index contributed by atoms with van der Waals surface area (Å²) in [5.41, 5.74) is 0. The van der Waals surface area contributed by atoms with Crippen LogP contribution in [0.4, 0.5) is 4.79 Å². The number of methoxy groups -OCH3 is 1. The maximum absolute atomic E-state index is 12.0. The van der Waals surface area contributed by atoms with E-state index in [0.29, 0.717) is 13.2 Å². The molecule has 0 atom stereocenters. The molecule has 0 aromatic rings. The number of carboxylic acid groups (broad SMARTS) is 1. The Balaban J connectivity index is 2.43. The summed E-state index contributed by atoms with van der Waals surface area (Å²) in [5.74, 6) is -1.02. The van der Waals surface area contributed by atoms with Crippen LogP contribution in [0.3, 0.4) is 0 Å². The van der Waals surface area contributed by atoms with E-state index in [1.807, 2.05) is 6.26 Å². The number of aliphatic carboxylic acids is 1. The van der Waals surface area contributed by atoms with Crippen molar-refractivity contribution in [3.8, 4) is 0 Å². The van der Waals surface area contributed by atoms with Gasteiger partial charge in [-0.15, -0.1) is 0 Å². The highest BCUT2D eigenvalue weighted by molar-refractivity contribution is 8.00. The molecular weight excluding hydrogens is 268 g/mol. The molecule has 0 aromatic heterocycles. The molecule has 7 heteroatoms. The van der Waals surface area contributed by atoms with Crippen LogP contribution in [-0.4, -0.2) is 66.4 Å². The van der Waals surface area contributed by atoms with Crippen molar-refractivity contribution in [2.75, 3.05) is 39.6 Å². The van der Waals surface area contributed by atoms with Crippen LogP contribution in [-0.2, 0) is 9.53 Å². The minimum absolute atomic E-state index is 0.145. The molecule has 1 aliphatic rings. The average molecular weight is 290 g/mol. The Hall–Kier alpha value is -0.950. The molecule has 0 heterocycles. The number of nitrogens with zero attached hydrogens (tertiary/aromatic N) is 1. The van der Waals surface area contributed by atoms with Gasteiger partial charge in [-0.2, -0.15) is 11.8 Å². The molecule has 110 valence electrons. The van der Waals surface area contributed by atoms with Gasteiger partial charge in [0, 0.05) is 24.9 Å². The van der Waals surface area contributed by atoms with Crippen molar-refractivity contribution in [3.05, 3.63) is 0 Å². The predicted octanol–water partition coefficient (Wildman–Crippen LogP) is 1.01. The number of ether oxygens (including phenoxy) is 1. The van der Waals surface area contributed by atoms with Crippen molar-refractivity contribution in [2.45, 2.75) is 24.0 Å². The van der Waals surface area contributed by atoms with Crippen LogP contribution in [0, 0.1) is 0 Å². The van der Waals surface area contributed by atoms with E-state index in [9.17, 15) is 9.59 Å². The van der Waals surface area contributed by atoms with Gasteiger partial charge < -0.3 is 20.1 Å². The van der Waals surface area contributed by atoms with E-state index < -0.39 is 5.97 Å². The number of carboxylic acids is 1. The molecule has 2 amide bonds.